The smallest absolute Gasteiger partial charge is 0.317 e. The Kier molecular flexibility index (Phi) is 6.68. The van der Waals surface area contributed by atoms with Gasteiger partial charge >= 0.3 is 6.03 Å². The summed E-state index contributed by atoms with van der Waals surface area (Å²) < 4.78 is 59.0. The van der Waals surface area contributed by atoms with E-state index in [1.807, 2.05) is 13.8 Å². The number of halogens is 4. The highest BCUT2D eigenvalue weighted by atomic mass is 19.3. The van der Waals surface area contributed by atoms with Crippen molar-refractivity contribution in [2.75, 3.05) is 13.1 Å². The van der Waals surface area contributed by atoms with E-state index in [1.54, 1.807) is 23.0 Å². The Hall–Kier alpha value is -3.71. The molecule has 3 fully saturated rings. The number of amides is 3. The first-order chi connectivity index (χ1) is 19.4. The van der Waals surface area contributed by atoms with Gasteiger partial charge in [-0.3, -0.25) is 9.48 Å². The highest BCUT2D eigenvalue weighted by molar-refractivity contribution is 5.92. The largest absolute Gasteiger partial charge is 0.342 e. The molecule has 0 unspecified atom stereocenters. The van der Waals surface area contributed by atoms with Gasteiger partial charge in [0.15, 0.2) is 5.65 Å². The first-order valence-electron chi connectivity index (χ1n) is 13.9. The maximum Gasteiger partial charge on any atom is 0.317 e. The Bertz CT molecular complexity index is 1460. The molecule has 0 radical (unpaired) electrons. The number of carbonyl (C=O) groups excluding carboxylic acids is 2. The molecule has 6 rings (SSSR count). The topological polar surface area (TPSA) is 109 Å². The maximum atomic E-state index is 14.0. The zero-order chi connectivity index (χ0) is 29.1. The van der Waals surface area contributed by atoms with Crippen LogP contribution in [0.25, 0.3) is 5.65 Å². The molecule has 14 heteroatoms. The molecule has 3 aromatic rings. The fourth-order valence-corrected chi connectivity index (χ4v) is 6.09. The van der Waals surface area contributed by atoms with Crippen LogP contribution in [0.3, 0.4) is 0 Å². The summed E-state index contributed by atoms with van der Waals surface area (Å²) in [4.78, 5) is 31.9. The summed E-state index contributed by atoms with van der Waals surface area (Å²) in [7, 11) is 0. The number of aromatic nitrogens is 5. The van der Waals surface area contributed by atoms with Gasteiger partial charge in [0.25, 0.3) is 11.8 Å². The lowest BCUT2D eigenvalue weighted by Gasteiger charge is -2.33. The van der Waals surface area contributed by atoms with E-state index in [2.05, 4.69) is 20.8 Å². The molecule has 2 saturated carbocycles. The second kappa shape index (κ2) is 9.98. The second-order valence-electron chi connectivity index (χ2n) is 11.7. The third-order valence-electron chi connectivity index (χ3n) is 8.54. The number of urea groups is 1. The van der Waals surface area contributed by atoms with Crippen molar-refractivity contribution in [3.8, 4) is 0 Å². The number of rotatable bonds is 7. The molecule has 1 aliphatic heterocycles. The Morgan fingerprint density at radius 1 is 1.17 bits per heavy atom. The summed E-state index contributed by atoms with van der Waals surface area (Å²) in [6.45, 7) is 3.78. The van der Waals surface area contributed by atoms with Crippen LogP contribution in [0.2, 0.25) is 0 Å². The average molecular weight is 577 g/mol. The van der Waals surface area contributed by atoms with E-state index in [9.17, 15) is 27.2 Å². The van der Waals surface area contributed by atoms with Gasteiger partial charge in [0, 0.05) is 44.7 Å². The van der Waals surface area contributed by atoms with Crippen molar-refractivity contribution in [1.82, 2.24) is 39.9 Å². The number of nitrogens with one attached hydrogen (secondary N) is 2. The van der Waals surface area contributed by atoms with Crippen LogP contribution in [0.1, 0.15) is 73.4 Å². The van der Waals surface area contributed by atoms with Gasteiger partial charge in [-0.05, 0) is 50.3 Å². The Morgan fingerprint density at radius 2 is 1.93 bits per heavy atom. The average Bonchev–Trinajstić information content (AvgIpc) is 3.29. The van der Waals surface area contributed by atoms with E-state index in [0.29, 0.717) is 22.6 Å². The normalized spacial score (nSPS) is 24.6. The summed E-state index contributed by atoms with van der Waals surface area (Å²) in [5.74, 6) is -7.87. The highest BCUT2D eigenvalue weighted by Crippen LogP contribution is 2.55. The van der Waals surface area contributed by atoms with Crippen LogP contribution >= 0.6 is 0 Å². The van der Waals surface area contributed by atoms with Gasteiger partial charge in [0.2, 0.25) is 5.92 Å². The first-order valence-corrected chi connectivity index (χ1v) is 13.9. The Labute approximate surface area is 233 Å². The quantitative estimate of drug-likeness (QED) is 0.410. The van der Waals surface area contributed by atoms with Crippen LogP contribution in [-0.4, -0.2) is 66.2 Å². The van der Waals surface area contributed by atoms with E-state index < -0.39 is 35.8 Å². The van der Waals surface area contributed by atoms with Crippen molar-refractivity contribution < 1.29 is 27.2 Å². The fourth-order valence-electron chi connectivity index (χ4n) is 6.09. The lowest BCUT2D eigenvalue weighted by atomic mass is 9.81. The summed E-state index contributed by atoms with van der Waals surface area (Å²) in [6.07, 6.45) is 4.61. The monoisotopic (exact) mass is 576 g/mol. The van der Waals surface area contributed by atoms with Gasteiger partial charge < -0.3 is 15.5 Å². The molecule has 4 heterocycles. The third kappa shape index (κ3) is 5.23. The second-order valence-corrected chi connectivity index (χ2v) is 11.7. The summed E-state index contributed by atoms with van der Waals surface area (Å²) >= 11 is 0. The molecule has 1 saturated heterocycles. The van der Waals surface area contributed by atoms with Gasteiger partial charge in [-0.15, -0.1) is 0 Å². The molecule has 3 aliphatic rings. The number of fused-ring (bicyclic) bond motifs is 2. The predicted octanol–water partition coefficient (Wildman–Crippen LogP) is 4.21. The molecule has 220 valence electrons. The van der Waals surface area contributed by atoms with E-state index in [1.165, 1.54) is 21.8 Å². The van der Waals surface area contributed by atoms with Crippen molar-refractivity contribution in [3.63, 3.8) is 0 Å². The van der Waals surface area contributed by atoms with Crippen LogP contribution in [0.5, 0.6) is 0 Å². The first kappa shape index (κ1) is 27.5. The summed E-state index contributed by atoms with van der Waals surface area (Å²) in [6, 6.07) is 2.20. The van der Waals surface area contributed by atoms with Crippen LogP contribution in [0.4, 0.5) is 22.4 Å². The van der Waals surface area contributed by atoms with Crippen LogP contribution in [-0.2, 0) is 6.54 Å². The SMILES string of the molecule is CC(C)n1nccc1C(=O)N[C@H](c1cn2ncc(CN3C[C@@H]4[C@H](CNC3=O)C4(F)F)cc2n1)C1CCC(F)(F)CC1. The van der Waals surface area contributed by atoms with Crippen molar-refractivity contribution in [3.05, 3.63) is 47.7 Å². The van der Waals surface area contributed by atoms with Crippen molar-refractivity contribution in [2.24, 2.45) is 17.8 Å². The van der Waals surface area contributed by atoms with Crippen LogP contribution in [0, 0.1) is 17.8 Å². The molecular weight excluding hydrogens is 544 g/mol. The van der Waals surface area contributed by atoms with E-state index >= 15 is 0 Å². The standard InChI is InChI=1S/C27H32F4N8O2/c1-15(2)39-21(5-8-33-39)24(40)36-23(17-3-6-26(28,29)7-4-17)20-14-38-22(35-20)9-16(10-34-38)12-37-13-19-18(27(19,30)31)11-32-25(37)41/h5,8-10,14-15,17-19,23H,3-4,6-7,11-13H2,1-2H3,(H,32,41)(H,36,40)/t18-,19+,23-/m0/s1. The molecule has 10 nitrogen and oxygen atoms in total. The minimum absolute atomic E-state index is 0.0495. The van der Waals surface area contributed by atoms with E-state index in [-0.39, 0.29) is 63.2 Å². The number of hydrogen-bond acceptors (Lipinski definition) is 5. The van der Waals surface area contributed by atoms with Gasteiger partial charge in [-0.1, -0.05) is 0 Å². The van der Waals surface area contributed by atoms with Crippen molar-refractivity contribution in [2.45, 2.75) is 70.0 Å². The number of carbonyl (C=O) groups is 2. The van der Waals surface area contributed by atoms with E-state index in [0.717, 1.165) is 0 Å². The fraction of sp³-hybridized carbons (Fsp3) is 0.593. The molecule has 3 amide bonds. The molecule has 0 aromatic carbocycles. The summed E-state index contributed by atoms with van der Waals surface area (Å²) in [5.41, 5.74) is 1.86. The number of hydrogen-bond donors (Lipinski definition) is 2. The van der Waals surface area contributed by atoms with Gasteiger partial charge in [-0.25, -0.2) is 31.9 Å². The zero-order valence-corrected chi connectivity index (χ0v) is 22.7. The molecule has 41 heavy (non-hydrogen) atoms. The van der Waals surface area contributed by atoms with Crippen molar-refractivity contribution >= 4 is 17.6 Å². The van der Waals surface area contributed by atoms with Gasteiger partial charge in [0.05, 0.1) is 36.0 Å². The van der Waals surface area contributed by atoms with Gasteiger partial charge in [0.1, 0.15) is 5.69 Å². The maximum absolute atomic E-state index is 14.0. The third-order valence-corrected chi connectivity index (χ3v) is 8.54. The Morgan fingerprint density at radius 3 is 2.66 bits per heavy atom. The molecule has 2 aliphatic carbocycles. The molecule has 3 atom stereocenters. The van der Waals surface area contributed by atoms with Crippen molar-refractivity contribution in [1.29, 1.82) is 0 Å². The molecular formula is C27H32F4N8O2. The van der Waals surface area contributed by atoms with Crippen LogP contribution in [0.15, 0.2) is 30.7 Å². The minimum Gasteiger partial charge on any atom is -0.342 e. The number of imidazole rings is 1. The van der Waals surface area contributed by atoms with Gasteiger partial charge in [-0.2, -0.15) is 10.2 Å². The highest BCUT2D eigenvalue weighted by Gasteiger charge is 2.69. The summed E-state index contributed by atoms with van der Waals surface area (Å²) in [5, 5.41) is 14.2. The van der Waals surface area contributed by atoms with Crippen LogP contribution < -0.4 is 10.6 Å². The lowest BCUT2D eigenvalue weighted by molar-refractivity contribution is -0.0495. The minimum atomic E-state index is -2.78. The predicted molar refractivity (Wildman–Crippen MR) is 138 cm³/mol. The molecule has 0 spiro atoms. The Balaban J connectivity index is 1.25. The molecule has 2 N–H and O–H groups in total. The number of alkyl halides is 4. The lowest BCUT2D eigenvalue weighted by Crippen LogP contribution is -2.40. The molecule has 0 bridgehead atoms. The molecule has 3 aromatic heterocycles. The number of nitrogens with zero attached hydrogens (tertiary/aromatic N) is 6. The zero-order valence-electron chi connectivity index (χ0n) is 22.7. The van der Waals surface area contributed by atoms with E-state index in [4.69, 9.17) is 4.98 Å².